The maximum atomic E-state index is 12.1. The molecule has 1 fully saturated rings. The molecule has 1 amide bonds. The van der Waals surface area contributed by atoms with Gasteiger partial charge in [-0.05, 0) is 32.6 Å². The number of carbonyl (C=O) groups excluding carboxylic acids is 1. The van der Waals surface area contributed by atoms with Crippen LogP contribution in [-0.4, -0.2) is 36.1 Å². The number of unbranched alkanes of at least 4 members (excludes halogenated alkanes) is 1. The second-order valence-electron chi connectivity index (χ2n) is 4.76. The summed E-state index contributed by atoms with van der Waals surface area (Å²) in [4.78, 5) is 13.7. The molecule has 0 heterocycles. The van der Waals surface area contributed by atoms with E-state index in [0.717, 1.165) is 32.1 Å². The Morgan fingerprint density at radius 3 is 2.65 bits per heavy atom. The summed E-state index contributed by atoms with van der Waals surface area (Å²) in [6.45, 7) is 4.45. The van der Waals surface area contributed by atoms with Gasteiger partial charge in [-0.1, -0.05) is 13.3 Å². The van der Waals surface area contributed by atoms with Crippen molar-refractivity contribution >= 4 is 5.91 Å². The molecule has 4 heteroatoms. The Balaban J connectivity index is 2.48. The number of amides is 1. The number of hydrogen-bond donors (Lipinski definition) is 0. The molecular weight excluding hydrogens is 216 g/mol. The van der Waals surface area contributed by atoms with E-state index in [4.69, 9.17) is 10.00 Å². The van der Waals surface area contributed by atoms with Crippen LogP contribution < -0.4 is 0 Å². The topological polar surface area (TPSA) is 53.3 Å². The zero-order valence-corrected chi connectivity index (χ0v) is 11.0. The van der Waals surface area contributed by atoms with Gasteiger partial charge in [0.15, 0.2) is 0 Å². The fourth-order valence-electron chi connectivity index (χ4n) is 1.99. The molecule has 1 atom stereocenters. The molecule has 0 aromatic rings. The lowest BCUT2D eigenvalue weighted by atomic mass is 9.76. The Labute approximate surface area is 104 Å². The second-order valence-corrected chi connectivity index (χ2v) is 4.76. The molecular formula is C13H22N2O2. The van der Waals surface area contributed by atoms with Crippen molar-refractivity contribution < 1.29 is 9.53 Å². The van der Waals surface area contributed by atoms with Crippen molar-refractivity contribution in [1.29, 1.82) is 5.26 Å². The molecule has 1 aliphatic carbocycles. The SMILES string of the molecule is CCCCOC(C)C(=O)N(C)C1(C#N)CCC1. The van der Waals surface area contributed by atoms with Gasteiger partial charge in [0.25, 0.3) is 5.91 Å². The Morgan fingerprint density at radius 2 is 2.24 bits per heavy atom. The van der Waals surface area contributed by atoms with Crippen LogP contribution in [0, 0.1) is 11.3 Å². The maximum Gasteiger partial charge on any atom is 0.252 e. The van der Waals surface area contributed by atoms with Gasteiger partial charge < -0.3 is 9.64 Å². The van der Waals surface area contributed by atoms with E-state index >= 15 is 0 Å². The highest BCUT2D eigenvalue weighted by molar-refractivity contribution is 5.81. The number of carbonyl (C=O) groups is 1. The van der Waals surface area contributed by atoms with Crippen LogP contribution in [0.25, 0.3) is 0 Å². The number of nitrogens with zero attached hydrogens (tertiary/aromatic N) is 2. The number of rotatable bonds is 6. The third-order valence-corrected chi connectivity index (χ3v) is 3.57. The second kappa shape index (κ2) is 6.02. The highest BCUT2D eigenvalue weighted by Crippen LogP contribution is 2.36. The van der Waals surface area contributed by atoms with Crippen molar-refractivity contribution in [1.82, 2.24) is 4.90 Å². The van der Waals surface area contributed by atoms with Gasteiger partial charge in [0.1, 0.15) is 11.6 Å². The van der Waals surface area contributed by atoms with Crippen LogP contribution in [0.15, 0.2) is 0 Å². The third-order valence-electron chi connectivity index (χ3n) is 3.57. The predicted octanol–water partition coefficient (Wildman–Crippen LogP) is 2.10. The van der Waals surface area contributed by atoms with Crippen molar-refractivity contribution in [2.45, 2.75) is 57.6 Å². The van der Waals surface area contributed by atoms with Gasteiger partial charge >= 0.3 is 0 Å². The van der Waals surface area contributed by atoms with Crippen LogP contribution in [0.3, 0.4) is 0 Å². The summed E-state index contributed by atoms with van der Waals surface area (Å²) in [6, 6.07) is 2.27. The van der Waals surface area contributed by atoms with E-state index in [1.54, 1.807) is 18.9 Å². The summed E-state index contributed by atoms with van der Waals surface area (Å²) >= 11 is 0. The molecule has 4 nitrogen and oxygen atoms in total. The maximum absolute atomic E-state index is 12.1. The van der Waals surface area contributed by atoms with E-state index in [2.05, 4.69) is 13.0 Å². The number of nitriles is 1. The lowest BCUT2D eigenvalue weighted by Crippen LogP contribution is -2.55. The summed E-state index contributed by atoms with van der Waals surface area (Å²) in [5.74, 6) is -0.0812. The Kier molecular flexibility index (Phi) is 4.95. The molecule has 0 spiro atoms. The van der Waals surface area contributed by atoms with E-state index in [-0.39, 0.29) is 5.91 Å². The number of likely N-dealkylation sites (N-methyl/N-ethyl adjacent to an activating group) is 1. The average Bonchev–Trinajstić information content (AvgIpc) is 2.27. The molecule has 0 aliphatic heterocycles. The summed E-state index contributed by atoms with van der Waals surface area (Å²) in [6.07, 6.45) is 4.16. The first-order valence-electron chi connectivity index (χ1n) is 6.38. The highest BCUT2D eigenvalue weighted by Gasteiger charge is 2.44. The van der Waals surface area contributed by atoms with Crippen molar-refractivity contribution in [3.63, 3.8) is 0 Å². The van der Waals surface area contributed by atoms with Gasteiger partial charge in [0, 0.05) is 13.7 Å². The van der Waals surface area contributed by atoms with E-state index in [9.17, 15) is 4.79 Å². The standard InChI is InChI=1S/C13H22N2O2/c1-4-5-9-17-11(2)12(16)15(3)13(10-14)7-6-8-13/h11H,4-9H2,1-3H3. The van der Waals surface area contributed by atoms with Crippen molar-refractivity contribution in [3.05, 3.63) is 0 Å². The first kappa shape index (κ1) is 14.0. The van der Waals surface area contributed by atoms with Crippen molar-refractivity contribution in [2.24, 2.45) is 0 Å². The molecule has 0 aromatic carbocycles. The summed E-state index contributed by atoms with van der Waals surface area (Å²) in [5.41, 5.74) is -0.570. The Bertz CT molecular complexity index is 305. The molecule has 1 aliphatic rings. The fraction of sp³-hybridized carbons (Fsp3) is 0.846. The monoisotopic (exact) mass is 238 g/mol. The van der Waals surface area contributed by atoms with E-state index < -0.39 is 11.6 Å². The molecule has 96 valence electrons. The number of ether oxygens (including phenoxy) is 1. The molecule has 17 heavy (non-hydrogen) atoms. The van der Waals surface area contributed by atoms with Crippen LogP contribution in [0.4, 0.5) is 0 Å². The lowest BCUT2D eigenvalue weighted by Gasteiger charge is -2.43. The van der Waals surface area contributed by atoms with Crippen LogP contribution in [0.5, 0.6) is 0 Å². The Morgan fingerprint density at radius 1 is 1.59 bits per heavy atom. The first-order chi connectivity index (χ1) is 8.07. The Hall–Kier alpha value is -1.08. The fourth-order valence-corrected chi connectivity index (χ4v) is 1.99. The zero-order valence-electron chi connectivity index (χ0n) is 11.0. The molecule has 1 unspecified atom stereocenters. The smallest absolute Gasteiger partial charge is 0.252 e. The van der Waals surface area contributed by atoms with Gasteiger partial charge in [0.2, 0.25) is 0 Å². The molecule has 0 N–H and O–H groups in total. The van der Waals surface area contributed by atoms with Gasteiger partial charge in [-0.25, -0.2) is 0 Å². The van der Waals surface area contributed by atoms with Crippen LogP contribution in [-0.2, 0) is 9.53 Å². The summed E-state index contributed by atoms with van der Waals surface area (Å²) in [5, 5.41) is 9.17. The highest BCUT2D eigenvalue weighted by atomic mass is 16.5. The van der Waals surface area contributed by atoms with Crippen LogP contribution in [0.2, 0.25) is 0 Å². The summed E-state index contributed by atoms with van der Waals surface area (Å²) in [7, 11) is 1.71. The minimum atomic E-state index is -0.570. The lowest BCUT2D eigenvalue weighted by molar-refractivity contribution is -0.148. The largest absolute Gasteiger partial charge is 0.369 e. The molecule has 1 rings (SSSR count). The van der Waals surface area contributed by atoms with Crippen LogP contribution >= 0.6 is 0 Å². The molecule has 0 bridgehead atoms. The van der Waals surface area contributed by atoms with Gasteiger partial charge in [0.05, 0.1) is 6.07 Å². The van der Waals surface area contributed by atoms with Crippen LogP contribution in [0.1, 0.15) is 46.0 Å². The van der Waals surface area contributed by atoms with Gasteiger partial charge in [-0.15, -0.1) is 0 Å². The average molecular weight is 238 g/mol. The molecule has 0 radical (unpaired) electrons. The predicted molar refractivity (Wildman–Crippen MR) is 65.3 cm³/mol. The van der Waals surface area contributed by atoms with E-state index in [1.807, 2.05) is 0 Å². The quantitative estimate of drug-likeness (QED) is 0.666. The third kappa shape index (κ3) is 2.98. The minimum absolute atomic E-state index is 0.0812. The van der Waals surface area contributed by atoms with E-state index in [1.165, 1.54) is 0 Å². The van der Waals surface area contributed by atoms with E-state index in [0.29, 0.717) is 6.61 Å². The zero-order chi connectivity index (χ0) is 12.9. The molecule has 1 saturated carbocycles. The molecule has 0 saturated heterocycles. The number of hydrogen-bond acceptors (Lipinski definition) is 3. The van der Waals surface area contributed by atoms with Crippen molar-refractivity contribution in [3.8, 4) is 6.07 Å². The van der Waals surface area contributed by atoms with Crippen molar-refractivity contribution in [2.75, 3.05) is 13.7 Å². The van der Waals surface area contributed by atoms with Gasteiger partial charge in [-0.2, -0.15) is 5.26 Å². The normalized spacial score (nSPS) is 18.9. The summed E-state index contributed by atoms with van der Waals surface area (Å²) < 4.78 is 5.47. The van der Waals surface area contributed by atoms with Gasteiger partial charge in [-0.3, -0.25) is 4.79 Å². The first-order valence-corrected chi connectivity index (χ1v) is 6.38. The minimum Gasteiger partial charge on any atom is -0.369 e. The molecule has 0 aromatic heterocycles.